The molecule has 0 bridgehead atoms. The summed E-state index contributed by atoms with van der Waals surface area (Å²) < 4.78 is 33.8. The van der Waals surface area contributed by atoms with Crippen LogP contribution < -0.4 is 5.32 Å². The van der Waals surface area contributed by atoms with Crippen molar-refractivity contribution >= 4 is 11.9 Å². The predicted molar refractivity (Wildman–Crippen MR) is 89.1 cm³/mol. The molecule has 0 aromatic carbocycles. The number of imidazole rings is 1. The number of amides is 1. The summed E-state index contributed by atoms with van der Waals surface area (Å²) in [4.78, 5) is 28.3. The summed E-state index contributed by atoms with van der Waals surface area (Å²) in [5, 5.41) is 10.3. The Hall–Kier alpha value is -3.17. The zero-order chi connectivity index (χ0) is 19.4. The standard InChI is InChI=1S/C17H17F2N5O3/c1-2-27-16(26)11-9-17(18,19)6-5-12(11)21-15(25)13-3-4-14(23-22-13)24-8-7-20-10-24/h3-4,7-8,10H,2,5-6,9H2,1H3,(H,21,25). The minimum atomic E-state index is -3.01. The fourth-order valence-electron chi connectivity index (χ4n) is 2.64. The molecule has 10 heteroatoms. The first-order chi connectivity index (χ1) is 12.9. The molecule has 1 aliphatic rings. The Morgan fingerprint density at radius 1 is 1.33 bits per heavy atom. The number of carbonyl (C=O) groups is 2. The third-order valence-electron chi connectivity index (χ3n) is 3.98. The molecule has 142 valence electrons. The van der Waals surface area contributed by atoms with Crippen molar-refractivity contribution in [1.82, 2.24) is 25.1 Å². The van der Waals surface area contributed by atoms with Crippen LogP contribution in [0.3, 0.4) is 0 Å². The number of aromatic nitrogens is 4. The van der Waals surface area contributed by atoms with Gasteiger partial charge in [0.25, 0.3) is 11.8 Å². The molecule has 0 atom stereocenters. The topological polar surface area (TPSA) is 99.0 Å². The third kappa shape index (κ3) is 4.33. The summed E-state index contributed by atoms with van der Waals surface area (Å²) in [6, 6.07) is 3.01. The van der Waals surface area contributed by atoms with Crippen LogP contribution in [0.1, 0.15) is 36.7 Å². The summed E-state index contributed by atoms with van der Waals surface area (Å²) in [6.45, 7) is 1.63. The van der Waals surface area contributed by atoms with Gasteiger partial charge in [-0.15, -0.1) is 10.2 Å². The Morgan fingerprint density at radius 2 is 2.15 bits per heavy atom. The van der Waals surface area contributed by atoms with Crippen molar-refractivity contribution in [3.8, 4) is 5.82 Å². The molecule has 1 amide bonds. The molecule has 8 nitrogen and oxygen atoms in total. The van der Waals surface area contributed by atoms with E-state index in [1.54, 1.807) is 30.0 Å². The normalized spacial score (nSPS) is 16.1. The monoisotopic (exact) mass is 377 g/mol. The van der Waals surface area contributed by atoms with E-state index >= 15 is 0 Å². The lowest BCUT2D eigenvalue weighted by Gasteiger charge is -2.26. The number of allylic oxidation sites excluding steroid dienone is 1. The largest absolute Gasteiger partial charge is 0.463 e. The lowest BCUT2D eigenvalue weighted by atomic mass is 9.92. The molecule has 0 fully saturated rings. The molecule has 0 aliphatic heterocycles. The highest BCUT2D eigenvalue weighted by atomic mass is 19.3. The van der Waals surface area contributed by atoms with Crippen molar-refractivity contribution in [2.75, 3.05) is 6.61 Å². The van der Waals surface area contributed by atoms with Crippen molar-refractivity contribution in [3.05, 3.63) is 47.8 Å². The number of alkyl halides is 2. The summed E-state index contributed by atoms with van der Waals surface area (Å²) in [5.41, 5.74) is -0.0961. The van der Waals surface area contributed by atoms with Crippen LogP contribution in [-0.4, -0.2) is 44.2 Å². The zero-order valence-corrected chi connectivity index (χ0v) is 14.5. The minimum absolute atomic E-state index is 0.00749. The second kappa shape index (κ2) is 7.60. The third-order valence-corrected chi connectivity index (χ3v) is 3.98. The highest BCUT2D eigenvalue weighted by Gasteiger charge is 2.39. The van der Waals surface area contributed by atoms with Crippen molar-refractivity contribution in [3.63, 3.8) is 0 Å². The summed E-state index contributed by atoms with van der Waals surface area (Å²) in [7, 11) is 0. The summed E-state index contributed by atoms with van der Waals surface area (Å²) in [6.07, 6.45) is 3.40. The zero-order valence-electron chi connectivity index (χ0n) is 14.5. The van der Waals surface area contributed by atoms with Gasteiger partial charge >= 0.3 is 5.97 Å². The van der Waals surface area contributed by atoms with Crippen molar-refractivity contribution < 1.29 is 23.1 Å². The van der Waals surface area contributed by atoms with E-state index in [1.807, 2.05) is 0 Å². The molecule has 2 aromatic heterocycles. The number of nitrogens with zero attached hydrogens (tertiary/aromatic N) is 4. The SMILES string of the molecule is CCOC(=O)C1=C(NC(=O)c2ccc(-n3ccnc3)nn2)CCC(F)(F)C1. The number of carbonyl (C=O) groups excluding carboxylic acids is 2. The van der Waals surface area contributed by atoms with Gasteiger partial charge in [-0.2, -0.15) is 0 Å². The van der Waals surface area contributed by atoms with Crippen LogP contribution in [0.25, 0.3) is 5.82 Å². The molecule has 0 saturated heterocycles. The number of rotatable bonds is 5. The minimum Gasteiger partial charge on any atom is -0.463 e. The molecule has 1 N–H and O–H groups in total. The van der Waals surface area contributed by atoms with E-state index in [-0.39, 0.29) is 30.0 Å². The molecule has 3 rings (SSSR count). The molecule has 0 spiro atoms. The number of ether oxygens (including phenoxy) is 1. The molecular weight excluding hydrogens is 360 g/mol. The van der Waals surface area contributed by atoms with E-state index in [0.717, 1.165) is 0 Å². The van der Waals surface area contributed by atoms with Crippen LogP contribution in [0.15, 0.2) is 42.1 Å². The van der Waals surface area contributed by atoms with Gasteiger partial charge in [0.15, 0.2) is 11.5 Å². The second-order valence-corrected chi connectivity index (χ2v) is 5.91. The number of hydrogen-bond acceptors (Lipinski definition) is 6. The Kier molecular flexibility index (Phi) is 5.24. The van der Waals surface area contributed by atoms with E-state index in [0.29, 0.717) is 5.82 Å². The van der Waals surface area contributed by atoms with Crippen LogP contribution >= 0.6 is 0 Å². The predicted octanol–water partition coefficient (Wildman–Crippen LogP) is 2.03. The molecule has 2 heterocycles. The van der Waals surface area contributed by atoms with Crippen LogP contribution in [0.4, 0.5) is 8.78 Å². The van der Waals surface area contributed by atoms with E-state index in [1.165, 1.54) is 12.4 Å². The average Bonchev–Trinajstić information content (AvgIpc) is 3.18. The Bertz CT molecular complexity index is 863. The van der Waals surface area contributed by atoms with E-state index in [4.69, 9.17) is 4.74 Å². The number of hydrogen-bond donors (Lipinski definition) is 1. The average molecular weight is 377 g/mol. The fourth-order valence-corrected chi connectivity index (χ4v) is 2.64. The Morgan fingerprint density at radius 3 is 2.78 bits per heavy atom. The van der Waals surface area contributed by atoms with Gasteiger partial charge in [-0.3, -0.25) is 9.36 Å². The van der Waals surface area contributed by atoms with Crippen LogP contribution in [0, 0.1) is 0 Å². The van der Waals surface area contributed by atoms with Gasteiger partial charge in [0.05, 0.1) is 12.2 Å². The van der Waals surface area contributed by atoms with E-state index < -0.39 is 30.6 Å². The first-order valence-corrected chi connectivity index (χ1v) is 8.30. The van der Waals surface area contributed by atoms with Crippen molar-refractivity contribution in [1.29, 1.82) is 0 Å². The van der Waals surface area contributed by atoms with Crippen LogP contribution in [0.2, 0.25) is 0 Å². The highest BCUT2D eigenvalue weighted by molar-refractivity contribution is 5.96. The van der Waals surface area contributed by atoms with Gasteiger partial charge in [0, 0.05) is 30.9 Å². The number of nitrogens with one attached hydrogen (secondary N) is 1. The van der Waals surface area contributed by atoms with Gasteiger partial charge in [0.2, 0.25) is 0 Å². The summed E-state index contributed by atoms with van der Waals surface area (Å²) >= 11 is 0. The van der Waals surface area contributed by atoms with Gasteiger partial charge in [0.1, 0.15) is 6.33 Å². The molecular formula is C17H17F2N5O3. The second-order valence-electron chi connectivity index (χ2n) is 5.91. The van der Waals surface area contributed by atoms with Gasteiger partial charge < -0.3 is 10.1 Å². The summed E-state index contributed by atoms with van der Waals surface area (Å²) in [5.74, 6) is -4.04. The lowest BCUT2D eigenvalue weighted by molar-refractivity contribution is -0.140. The van der Waals surface area contributed by atoms with Crippen molar-refractivity contribution in [2.24, 2.45) is 0 Å². The molecule has 1 aliphatic carbocycles. The Balaban J connectivity index is 1.79. The molecule has 2 aromatic rings. The fraction of sp³-hybridized carbons (Fsp3) is 0.353. The van der Waals surface area contributed by atoms with Crippen LogP contribution in [-0.2, 0) is 9.53 Å². The smallest absolute Gasteiger partial charge is 0.335 e. The van der Waals surface area contributed by atoms with Gasteiger partial charge in [-0.1, -0.05) is 0 Å². The van der Waals surface area contributed by atoms with Gasteiger partial charge in [-0.05, 0) is 25.5 Å². The highest BCUT2D eigenvalue weighted by Crippen LogP contribution is 2.36. The number of halogens is 2. The maximum Gasteiger partial charge on any atom is 0.335 e. The first-order valence-electron chi connectivity index (χ1n) is 8.30. The molecule has 27 heavy (non-hydrogen) atoms. The van der Waals surface area contributed by atoms with Crippen LogP contribution in [0.5, 0.6) is 0 Å². The van der Waals surface area contributed by atoms with Gasteiger partial charge in [-0.25, -0.2) is 18.6 Å². The molecule has 0 radical (unpaired) electrons. The lowest BCUT2D eigenvalue weighted by Crippen LogP contribution is -2.34. The first kappa shape index (κ1) is 18.6. The van der Waals surface area contributed by atoms with E-state index in [2.05, 4.69) is 20.5 Å². The quantitative estimate of drug-likeness (QED) is 0.801. The Labute approximate surface area is 153 Å². The molecule has 0 saturated carbocycles. The van der Waals surface area contributed by atoms with Crippen molar-refractivity contribution in [2.45, 2.75) is 32.1 Å². The van der Waals surface area contributed by atoms with E-state index in [9.17, 15) is 18.4 Å². The maximum atomic E-state index is 13.7. The molecule has 0 unspecified atom stereocenters. The maximum absolute atomic E-state index is 13.7. The number of esters is 1.